The number of hydrogen-bond donors (Lipinski definition) is 1. The van der Waals surface area contributed by atoms with Crippen molar-refractivity contribution in [3.63, 3.8) is 0 Å². The van der Waals surface area contributed by atoms with E-state index in [4.69, 9.17) is 10.5 Å². The van der Waals surface area contributed by atoms with E-state index in [0.717, 1.165) is 5.92 Å². The summed E-state index contributed by atoms with van der Waals surface area (Å²) in [6.45, 7) is 5.15. The summed E-state index contributed by atoms with van der Waals surface area (Å²) in [5.41, 5.74) is 5.93. The molecule has 3 unspecified atom stereocenters. The molecule has 0 aromatic heterocycles. The van der Waals surface area contributed by atoms with Gasteiger partial charge in [-0.3, -0.25) is 0 Å². The fourth-order valence-corrected chi connectivity index (χ4v) is 1.68. The smallest absolute Gasteiger partial charge is 0.0749 e. The maximum absolute atomic E-state index is 5.55. The highest BCUT2D eigenvalue weighted by molar-refractivity contribution is 5.01. The van der Waals surface area contributed by atoms with Crippen LogP contribution < -0.4 is 5.73 Å². The normalized spacial score (nSPS) is 41.4. The lowest BCUT2D eigenvalue weighted by atomic mass is 9.99. The van der Waals surface area contributed by atoms with Crippen LogP contribution in [0, 0.1) is 11.3 Å². The molecule has 2 heteroatoms. The molecule has 1 aliphatic rings. The Morgan fingerprint density at radius 2 is 2.30 bits per heavy atom. The number of nitrogens with two attached hydrogens (primary N) is 1. The first-order valence-corrected chi connectivity index (χ1v) is 3.88. The third-order valence-corrected chi connectivity index (χ3v) is 2.95. The van der Waals surface area contributed by atoms with E-state index in [9.17, 15) is 0 Å². The maximum Gasteiger partial charge on any atom is 0.0749 e. The van der Waals surface area contributed by atoms with Gasteiger partial charge in [0.25, 0.3) is 0 Å². The van der Waals surface area contributed by atoms with Crippen LogP contribution >= 0.6 is 0 Å². The fraction of sp³-hybridized carbons (Fsp3) is 1.00. The highest BCUT2D eigenvalue weighted by atomic mass is 16.5. The quantitative estimate of drug-likeness (QED) is 0.640. The third-order valence-electron chi connectivity index (χ3n) is 2.95. The van der Waals surface area contributed by atoms with Crippen molar-refractivity contribution in [2.75, 3.05) is 13.7 Å². The molecule has 60 valence electrons. The molecular weight excluding hydrogens is 126 g/mol. The number of ether oxygens (including phenoxy) is 1. The molecule has 10 heavy (non-hydrogen) atoms. The van der Waals surface area contributed by atoms with Gasteiger partial charge >= 0.3 is 0 Å². The SMILES string of the molecule is COC(CN)C1(C)CC1C. The van der Waals surface area contributed by atoms with Gasteiger partial charge in [-0.15, -0.1) is 0 Å². The average Bonchev–Trinajstić information content (AvgIpc) is 2.44. The lowest BCUT2D eigenvalue weighted by Crippen LogP contribution is -2.31. The summed E-state index contributed by atoms with van der Waals surface area (Å²) in [7, 11) is 1.74. The molecule has 0 aliphatic heterocycles. The molecular formula is C8H17NO. The lowest BCUT2D eigenvalue weighted by Gasteiger charge is -2.20. The zero-order chi connectivity index (χ0) is 7.78. The van der Waals surface area contributed by atoms with Crippen LogP contribution in [-0.4, -0.2) is 19.8 Å². The molecule has 1 rings (SSSR count). The molecule has 1 saturated carbocycles. The Morgan fingerprint density at radius 3 is 2.40 bits per heavy atom. The van der Waals surface area contributed by atoms with E-state index in [1.807, 2.05) is 0 Å². The van der Waals surface area contributed by atoms with Crippen molar-refractivity contribution in [3.05, 3.63) is 0 Å². The highest BCUT2D eigenvalue weighted by Crippen LogP contribution is 2.54. The van der Waals surface area contributed by atoms with E-state index >= 15 is 0 Å². The Labute approximate surface area is 62.7 Å². The van der Waals surface area contributed by atoms with Crippen LogP contribution in [0.2, 0.25) is 0 Å². The predicted octanol–water partition coefficient (Wildman–Crippen LogP) is 1.01. The van der Waals surface area contributed by atoms with Crippen molar-refractivity contribution >= 4 is 0 Å². The van der Waals surface area contributed by atoms with Crippen molar-refractivity contribution in [2.24, 2.45) is 17.1 Å². The van der Waals surface area contributed by atoms with Gasteiger partial charge in [0.1, 0.15) is 0 Å². The van der Waals surface area contributed by atoms with Crippen LogP contribution in [0.15, 0.2) is 0 Å². The van der Waals surface area contributed by atoms with Crippen LogP contribution in [-0.2, 0) is 4.74 Å². The van der Waals surface area contributed by atoms with Gasteiger partial charge in [-0.05, 0) is 17.8 Å². The Bertz CT molecular complexity index is 122. The summed E-state index contributed by atoms with van der Waals surface area (Å²) < 4.78 is 5.27. The number of methoxy groups -OCH3 is 1. The molecule has 0 heterocycles. The zero-order valence-electron chi connectivity index (χ0n) is 7.05. The van der Waals surface area contributed by atoms with E-state index in [1.165, 1.54) is 6.42 Å². The average molecular weight is 143 g/mol. The van der Waals surface area contributed by atoms with Crippen LogP contribution in [0.5, 0.6) is 0 Å². The van der Waals surface area contributed by atoms with Crippen molar-refractivity contribution in [2.45, 2.75) is 26.4 Å². The minimum atomic E-state index is 0.266. The summed E-state index contributed by atoms with van der Waals surface area (Å²) in [6.07, 6.45) is 1.53. The van der Waals surface area contributed by atoms with Gasteiger partial charge in [-0.2, -0.15) is 0 Å². The summed E-state index contributed by atoms with van der Waals surface area (Å²) in [5, 5.41) is 0. The minimum Gasteiger partial charge on any atom is -0.380 e. The monoisotopic (exact) mass is 143 g/mol. The summed E-state index contributed by atoms with van der Waals surface area (Å²) in [5.74, 6) is 0.793. The zero-order valence-corrected chi connectivity index (χ0v) is 7.05. The van der Waals surface area contributed by atoms with E-state index in [0.29, 0.717) is 12.0 Å². The van der Waals surface area contributed by atoms with Gasteiger partial charge in [-0.1, -0.05) is 13.8 Å². The van der Waals surface area contributed by atoms with Crippen molar-refractivity contribution < 1.29 is 4.74 Å². The molecule has 0 bridgehead atoms. The summed E-state index contributed by atoms with van der Waals surface area (Å²) in [4.78, 5) is 0. The van der Waals surface area contributed by atoms with Crippen molar-refractivity contribution in [3.8, 4) is 0 Å². The second kappa shape index (κ2) is 2.51. The number of hydrogen-bond acceptors (Lipinski definition) is 2. The molecule has 0 spiro atoms. The molecule has 0 saturated heterocycles. The standard InChI is InChI=1S/C8H17NO/c1-6-4-8(6,2)7(5-9)10-3/h6-7H,4-5,9H2,1-3H3. The van der Waals surface area contributed by atoms with E-state index in [1.54, 1.807) is 7.11 Å². The van der Waals surface area contributed by atoms with Crippen molar-refractivity contribution in [1.82, 2.24) is 0 Å². The molecule has 1 fully saturated rings. The van der Waals surface area contributed by atoms with Gasteiger partial charge in [0, 0.05) is 13.7 Å². The van der Waals surface area contributed by atoms with Crippen molar-refractivity contribution in [1.29, 1.82) is 0 Å². The third kappa shape index (κ3) is 1.06. The van der Waals surface area contributed by atoms with Crippen LogP contribution in [0.1, 0.15) is 20.3 Å². The Balaban J connectivity index is 2.46. The van der Waals surface area contributed by atoms with Crippen LogP contribution in [0.3, 0.4) is 0 Å². The molecule has 1 aliphatic carbocycles. The first kappa shape index (κ1) is 8.02. The molecule has 3 atom stereocenters. The predicted molar refractivity (Wildman–Crippen MR) is 41.7 cm³/mol. The maximum atomic E-state index is 5.55. The molecule has 0 aromatic carbocycles. The lowest BCUT2D eigenvalue weighted by molar-refractivity contribution is 0.0484. The Hall–Kier alpha value is -0.0800. The second-order valence-electron chi connectivity index (χ2n) is 3.57. The first-order valence-electron chi connectivity index (χ1n) is 3.88. The van der Waals surface area contributed by atoms with Crippen LogP contribution in [0.25, 0.3) is 0 Å². The first-order chi connectivity index (χ1) is 4.65. The largest absolute Gasteiger partial charge is 0.380 e. The summed E-state index contributed by atoms with van der Waals surface area (Å²) >= 11 is 0. The molecule has 0 amide bonds. The van der Waals surface area contributed by atoms with Gasteiger partial charge < -0.3 is 10.5 Å². The Kier molecular flexibility index (Phi) is 2.02. The topological polar surface area (TPSA) is 35.2 Å². The molecule has 0 aromatic rings. The van der Waals surface area contributed by atoms with Gasteiger partial charge in [0.15, 0.2) is 0 Å². The fourth-order valence-electron chi connectivity index (χ4n) is 1.68. The molecule has 2 N–H and O–H groups in total. The minimum absolute atomic E-state index is 0.266. The number of rotatable bonds is 3. The van der Waals surface area contributed by atoms with Gasteiger partial charge in [-0.25, -0.2) is 0 Å². The van der Waals surface area contributed by atoms with Crippen LogP contribution in [0.4, 0.5) is 0 Å². The van der Waals surface area contributed by atoms with Gasteiger partial charge in [0.2, 0.25) is 0 Å². The van der Waals surface area contributed by atoms with E-state index < -0.39 is 0 Å². The van der Waals surface area contributed by atoms with Gasteiger partial charge in [0.05, 0.1) is 6.10 Å². The highest BCUT2D eigenvalue weighted by Gasteiger charge is 2.52. The van der Waals surface area contributed by atoms with E-state index in [2.05, 4.69) is 13.8 Å². The van der Waals surface area contributed by atoms with E-state index in [-0.39, 0.29) is 6.10 Å². The second-order valence-corrected chi connectivity index (χ2v) is 3.57. The molecule has 2 nitrogen and oxygen atoms in total. The molecule has 0 radical (unpaired) electrons. The summed E-state index contributed by atoms with van der Waals surface area (Å²) in [6, 6.07) is 0. The Morgan fingerprint density at radius 1 is 1.80 bits per heavy atom.